The van der Waals surface area contributed by atoms with E-state index in [0.29, 0.717) is 19.2 Å². The molecule has 0 aromatic heterocycles. The largest absolute Gasteiger partial charge is 0.465 e. The van der Waals surface area contributed by atoms with Crippen LogP contribution < -0.4 is 5.32 Å². The van der Waals surface area contributed by atoms with Gasteiger partial charge in [-0.3, -0.25) is 4.79 Å². The highest BCUT2D eigenvalue weighted by Crippen LogP contribution is 2.08. The van der Waals surface area contributed by atoms with Crippen LogP contribution in [-0.4, -0.2) is 25.2 Å². The first-order chi connectivity index (χ1) is 5.83. The maximum absolute atomic E-state index is 10.9. The Balaban J connectivity index is 2.04. The summed E-state index contributed by atoms with van der Waals surface area (Å²) in [6, 6.07) is 0.439. The van der Waals surface area contributed by atoms with Crippen molar-refractivity contribution in [2.75, 3.05) is 13.2 Å². The fraction of sp³-hybridized carbons (Fsp3) is 0.667. The Morgan fingerprint density at radius 1 is 1.58 bits per heavy atom. The first kappa shape index (κ1) is 9.26. The maximum atomic E-state index is 10.9. The molecule has 0 aromatic carbocycles. The van der Waals surface area contributed by atoms with E-state index in [-0.39, 0.29) is 5.97 Å². The number of esters is 1. The Bertz CT molecular complexity index is 169. The molecule has 0 heterocycles. The van der Waals surface area contributed by atoms with Crippen molar-refractivity contribution < 1.29 is 9.53 Å². The van der Waals surface area contributed by atoms with Gasteiger partial charge in [0.05, 0.1) is 13.2 Å². The summed E-state index contributed by atoms with van der Waals surface area (Å²) < 4.78 is 4.78. The zero-order chi connectivity index (χ0) is 8.81. The summed E-state index contributed by atoms with van der Waals surface area (Å²) in [6.45, 7) is 2.61. The maximum Gasteiger partial charge on any atom is 0.319 e. The molecular formula is C9H15NO2. The summed E-state index contributed by atoms with van der Waals surface area (Å²) in [5.41, 5.74) is 0. The lowest BCUT2D eigenvalue weighted by Gasteiger charge is -2.10. The van der Waals surface area contributed by atoms with Gasteiger partial charge in [-0.2, -0.15) is 0 Å². The molecule has 0 saturated heterocycles. The van der Waals surface area contributed by atoms with Crippen LogP contribution >= 0.6 is 0 Å². The fourth-order valence-electron chi connectivity index (χ4n) is 1.22. The Labute approximate surface area is 72.8 Å². The number of ether oxygens (including phenoxy) is 1. The second-order valence-electron chi connectivity index (χ2n) is 2.83. The predicted molar refractivity (Wildman–Crippen MR) is 46.8 cm³/mol. The molecule has 1 rings (SSSR count). The van der Waals surface area contributed by atoms with Gasteiger partial charge in [0.2, 0.25) is 0 Å². The second-order valence-corrected chi connectivity index (χ2v) is 2.83. The molecule has 0 saturated carbocycles. The molecule has 3 heteroatoms. The summed E-state index contributed by atoms with van der Waals surface area (Å²) in [5.74, 6) is -0.163. The molecule has 0 aliphatic heterocycles. The lowest BCUT2D eigenvalue weighted by Crippen LogP contribution is -2.32. The van der Waals surface area contributed by atoms with Gasteiger partial charge in [-0.25, -0.2) is 0 Å². The molecule has 0 spiro atoms. The highest BCUT2D eigenvalue weighted by Gasteiger charge is 2.10. The van der Waals surface area contributed by atoms with Crippen molar-refractivity contribution in [1.29, 1.82) is 0 Å². The highest BCUT2D eigenvalue weighted by molar-refractivity contribution is 5.71. The molecule has 0 atom stereocenters. The Morgan fingerprint density at radius 2 is 2.25 bits per heavy atom. The van der Waals surface area contributed by atoms with E-state index in [1.807, 2.05) is 6.92 Å². The smallest absolute Gasteiger partial charge is 0.319 e. The molecule has 12 heavy (non-hydrogen) atoms. The van der Waals surface area contributed by atoms with Crippen LogP contribution in [0.4, 0.5) is 0 Å². The summed E-state index contributed by atoms with van der Waals surface area (Å²) in [5, 5.41) is 3.13. The van der Waals surface area contributed by atoms with E-state index >= 15 is 0 Å². The molecule has 0 fully saturated rings. The third kappa shape index (κ3) is 3.05. The normalized spacial score (nSPS) is 16.8. The van der Waals surface area contributed by atoms with Crippen LogP contribution in [0.25, 0.3) is 0 Å². The van der Waals surface area contributed by atoms with Crippen LogP contribution in [0.2, 0.25) is 0 Å². The quantitative estimate of drug-likeness (QED) is 0.501. The first-order valence-electron chi connectivity index (χ1n) is 4.37. The van der Waals surface area contributed by atoms with E-state index in [4.69, 9.17) is 4.74 Å². The van der Waals surface area contributed by atoms with Gasteiger partial charge in [0.1, 0.15) is 0 Å². The van der Waals surface area contributed by atoms with Crippen LogP contribution in [0.1, 0.15) is 19.8 Å². The summed E-state index contributed by atoms with van der Waals surface area (Å²) in [7, 11) is 0. The molecule has 0 radical (unpaired) electrons. The Hall–Kier alpha value is -0.830. The van der Waals surface area contributed by atoms with Gasteiger partial charge in [0.15, 0.2) is 0 Å². The first-order valence-corrected chi connectivity index (χ1v) is 4.37. The average molecular weight is 169 g/mol. The van der Waals surface area contributed by atoms with E-state index < -0.39 is 0 Å². The number of hydrogen-bond acceptors (Lipinski definition) is 3. The van der Waals surface area contributed by atoms with Gasteiger partial charge in [-0.1, -0.05) is 12.2 Å². The average Bonchev–Trinajstić information content (AvgIpc) is 2.53. The summed E-state index contributed by atoms with van der Waals surface area (Å²) in [6.07, 6.45) is 6.31. The SMILES string of the molecule is CCOC(=O)CNC1CC=CC1. The van der Waals surface area contributed by atoms with Gasteiger partial charge in [0, 0.05) is 6.04 Å². The third-order valence-electron chi connectivity index (χ3n) is 1.85. The van der Waals surface area contributed by atoms with Crippen molar-refractivity contribution in [1.82, 2.24) is 5.32 Å². The van der Waals surface area contributed by atoms with Gasteiger partial charge in [-0.05, 0) is 19.8 Å². The zero-order valence-corrected chi connectivity index (χ0v) is 7.38. The van der Waals surface area contributed by atoms with Crippen molar-refractivity contribution in [3.63, 3.8) is 0 Å². The Kier molecular flexibility index (Phi) is 3.80. The number of hydrogen-bond donors (Lipinski definition) is 1. The standard InChI is InChI=1S/C9H15NO2/c1-2-12-9(11)7-10-8-5-3-4-6-8/h3-4,8,10H,2,5-7H2,1H3. The number of rotatable bonds is 4. The van der Waals surface area contributed by atoms with Gasteiger partial charge in [-0.15, -0.1) is 0 Å². The fourth-order valence-corrected chi connectivity index (χ4v) is 1.22. The lowest BCUT2D eigenvalue weighted by atomic mass is 10.2. The van der Waals surface area contributed by atoms with E-state index in [2.05, 4.69) is 17.5 Å². The van der Waals surface area contributed by atoms with Gasteiger partial charge >= 0.3 is 5.97 Å². The molecule has 0 aromatic rings. The molecule has 0 amide bonds. The number of nitrogens with one attached hydrogen (secondary N) is 1. The molecule has 1 aliphatic carbocycles. The third-order valence-corrected chi connectivity index (χ3v) is 1.85. The van der Waals surface area contributed by atoms with Gasteiger partial charge in [0.25, 0.3) is 0 Å². The topological polar surface area (TPSA) is 38.3 Å². The number of carbonyl (C=O) groups excluding carboxylic acids is 1. The van der Waals surface area contributed by atoms with E-state index in [0.717, 1.165) is 12.8 Å². The lowest BCUT2D eigenvalue weighted by molar-refractivity contribution is -0.142. The minimum absolute atomic E-state index is 0.163. The number of carbonyl (C=O) groups is 1. The highest BCUT2D eigenvalue weighted by atomic mass is 16.5. The Morgan fingerprint density at radius 3 is 2.83 bits per heavy atom. The zero-order valence-electron chi connectivity index (χ0n) is 7.38. The molecule has 1 N–H and O–H groups in total. The van der Waals surface area contributed by atoms with Crippen LogP contribution in [0.15, 0.2) is 12.2 Å². The molecule has 0 bridgehead atoms. The van der Waals surface area contributed by atoms with Crippen molar-refractivity contribution in [3.05, 3.63) is 12.2 Å². The molecule has 68 valence electrons. The van der Waals surface area contributed by atoms with Crippen LogP contribution in [0.3, 0.4) is 0 Å². The molecular weight excluding hydrogens is 154 g/mol. The summed E-state index contributed by atoms with van der Waals surface area (Å²) in [4.78, 5) is 10.9. The van der Waals surface area contributed by atoms with Crippen LogP contribution in [0, 0.1) is 0 Å². The minimum Gasteiger partial charge on any atom is -0.465 e. The summed E-state index contributed by atoms with van der Waals surface area (Å²) >= 11 is 0. The van der Waals surface area contributed by atoms with E-state index in [1.54, 1.807) is 0 Å². The van der Waals surface area contributed by atoms with Gasteiger partial charge < -0.3 is 10.1 Å². The predicted octanol–water partition coefficient (Wildman–Crippen LogP) is 0.858. The molecule has 3 nitrogen and oxygen atoms in total. The van der Waals surface area contributed by atoms with Crippen molar-refractivity contribution >= 4 is 5.97 Å². The second kappa shape index (κ2) is 4.93. The van der Waals surface area contributed by atoms with Crippen molar-refractivity contribution in [3.8, 4) is 0 Å². The monoisotopic (exact) mass is 169 g/mol. The molecule has 1 aliphatic rings. The van der Waals surface area contributed by atoms with Crippen molar-refractivity contribution in [2.24, 2.45) is 0 Å². The van der Waals surface area contributed by atoms with E-state index in [9.17, 15) is 4.79 Å². The minimum atomic E-state index is -0.163. The van der Waals surface area contributed by atoms with Crippen LogP contribution in [-0.2, 0) is 9.53 Å². The van der Waals surface area contributed by atoms with Crippen molar-refractivity contribution in [2.45, 2.75) is 25.8 Å². The van der Waals surface area contributed by atoms with E-state index in [1.165, 1.54) is 0 Å². The van der Waals surface area contributed by atoms with Crippen LogP contribution in [0.5, 0.6) is 0 Å². The molecule has 0 unspecified atom stereocenters.